The molecule has 20 heavy (non-hydrogen) atoms. The molecule has 1 aliphatic heterocycles. The molecule has 0 bridgehead atoms. The van der Waals surface area contributed by atoms with E-state index < -0.39 is 5.97 Å². The number of aromatic nitrogens is 1. The van der Waals surface area contributed by atoms with Crippen LogP contribution < -0.4 is 5.32 Å². The number of rotatable bonds is 5. The number of carbonyl (C=O) groups excluding carboxylic acids is 1. The van der Waals surface area contributed by atoms with Crippen LogP contribution in [0.2, 0.25) is 0 Å². The summed E-state index contributed by atoms with van der Waals surface area (Å²) in [6, 6.07) is 4.51. The lowest BCUT2D eigenvalue weighted by Crippen LogP contribution is -2.24. The van der Waals surface area contributed by atoms with Gasteiger partial charge in [0.2, 0.25) is 0 Å². The van der Waals surface area contributed by atoms with Gasteiger partial charge in [0.25, 0.3) is 0 Å². The van der Waals surface area contributed by atoms with E-state index in [0.29, 0.717) is 11.6 Å². The summed E-state index contributed by atoms with van der Waals surface area (Å²) < 4.78 is 4.68. The summed E-state index contributed by atoms with van der Waals surface area (Å²) in [4.78, 5) is 18.1. The molecule has 2 aliphatic rings. The Balaban J connectivity index is 1.52. The summed E-state index contributed by atoms with van der Waals surface area (Å²) in [5, 5.41) is 3.41. The van der Waals surface area contributed by atoms with E-state index >= 15 is 0 Å². The maximum atomic E-state index is 11.4. The summed E-state index contributed by atoms with van der Waals surface area (Å²) >= 11 is 0. The van der Waals surface area contributed by atoms with Crippen molar-refractivity contribution in [1.82, 2.24) is 9.88 Å². The Morgan fingerprint density at radius 3 is 3.10 bits per heavy atom. The zero-order valence-electron chi connectivity index (χ0n) is 11.8. The zero-order chi connectivity index (χ0) is 13.9. The van der Waals surface area contributed by atoms with Crippen molar-refractivity contribution in [3.8, 4) is 0 Å². The monoisotopic (exact) mass is 275 g/mol. The summed E-state index contributed by atoms with van der Waals surface area (Å²) in [5.74, 6) is 0.305. The first-order valence-corrected chi connectivity index (χ1v) is 7.28. The van der Waals surface area contributed by atoms with Crippen LogP contribution in [0.15, 0.2) is 18.3 Å². The molecule has 1 saturated heterocycles. The molecular weight excluding hydrogens is 254 g/mol. The van der Waals surface area contributed by atoms with Gasteiger partial charge in [0.05, 0.1) is 7.11 Å². The maximum Gasteiger partial charge on any atom is 0.356 e. The molecule has 1 N–H and O–H groups in total. The van der Waals surface area contributed by atoms with Crippen LogP contribution in [-0.2, 0) is 4.74 Å². The van der Waals surface area contributed by atoms with Crippen LogP contribution in [0.1, 0.15) is 29.8 Å². The van der Waals surface area contributed by atoms with Gasteiger partial charge in [-0.25, -0.2) is 9.78 Å². The van der Waals surface area contributed by atoms with E-state index in [1.807, 2.05) is 6.07 Å². The third-order valence-electron chi connectivity index (χ3n) is 4.13. The van der Waals surface area contributed by atoms with Crippen LogP contribution in [0.3, 0.4) is 0 Å². The average molecular weight is 275 g/mol. The average Bonchev–Trinajstić information content (AvgIpc) is 3.23. The molecule has 1 atom stereocenters. The molecule has 0 aromatic carbocycles. The van der Waals surface area contributed by atoms with Crippen molar-refractivity contribution in [1.29, 1.82) is 0 Å². The number of esters is 1. The van der Waals surface area contributed by atoms with Gasteiger partial charge < -0.3 is 15.0 Å². The van der Waals surface area contributed by atoms with Gasteiger partial charge in [0, 0.05) is 31.0 Å². The Labute approximate surface area is 119 Å². The fraction of sp³-hybridized carbons (Fsp3) is 0.600. The molecule has 0 amide bonds. The van der Waals surface area contributed by atoms with Crippen LogP contribution in [0.5, 0.6) is 0 Å². The van der Waals surface area contributed by atoms with Crippen LogP contribution in [0, 0.1) is 5.92 Å². The highest BCUT2D eigenvalue weighted by Gasteiger charge is 2.34. The standard InChI is InChI=1S/C15H21N3O2/c1-20-15(19)14-8-12(4-6-16-14)17-9-11-5-7-18(10-11)13-2-3-13/h4,6,8,11,13H,2-3,5,7,9-10H2,1H3,(H,16,17). The van der Waals surface area contributed by atoms with Crippen LogP contribution >= 0.6 is 0 Å². The Bertz CT molecular complexity index is 488. The minimum atomic E-state index is -0.394. The highest BCUT2D eigenvalue weighted by molar-refractivity contribution is 5.88. The molecule has 2 fully saturated rings. The number of anilines is 1. The Kier molecular flexibility index (Phi) is 3.87. The van der Waals surface area contributed by atoms with Crippen LogP contribution in [-0.4, -0.2) is 48.6 Å². The molecule has 0 spiro atoms. The smallest absolute Gasteiger partial charge is 0.356 e. The first kappa shape index (κ1) is 13.4. The SMILES string of the molecule is COC(=O)c1cc(NCC2CCN(C3CC3)C2)ccn1. The number of pyridine rings is 1. The molecular formula is C15H21N3O2. The molecule has 5 nitrogen and oxygen atoms in total. The predicted octanol–water partition coefficient (Wildman–Crippen LogP) is 1.76. The maximum absolute atomic E-state index is 11.4. The fourth-order valence-corrected chi connectivity index (χ4v) is 2.82. The Morgan fingerprint density at radius 1 is 1.50 bits per heavy atom. The zero-order valence-corrected chi connectivity index (χ0v) is 11.8. The van der Waals surface area contributed by atoms with Gasteiger partial charge >= 0.3 is 5.97 Å². The van der Waals surface area contributed by atoms with Crippen molar-refractivity contribution in [2.24, 2.45) is 5.92 Å². The molecule has 2 heterocycles. The van der Waals surface area contributed by atoms with E-state index in [2.05, 4.69) is 19.9 Å². The van der Waals surface area contributed by atoms with Crippen molar-refractivity contribution < 1.29 is 9.53 Å². The molecule has 0 radical (unpaired) electrons. The second-order valence-corrected chi connectivity index (χ2v) is 5.68. The molecule has 1 aromatic heterocycles. The van der Waals surface area contributed by atoms with Gasteiger partial charge in [-0.2, -0.15) is 0 Å². The van der Waals surface area contributed by atoms with Crippen molar-refractivity contribution in [2.45, 2.75) is 25.3 Å². The third-order valence-corrected chi connectivity index (χ3v) is 4.13. The second kappa shape index (κ2) is 5.79. The second-order valence-electron chi connectivity index (χ2n) is 5.68. The molecule has 5 heteroatoms. The molecule has 1 unspecified atom stereocenters. The number of hydrogen-bond acceptors (Lipinski definition) is 5. The van der Waals surface area contributed by atoms with Gasteiger partial charge in [-0.15, -0.1) is 0 Å². The first-order valence-electron chi connectivity index (χ1n) is 7.28. The van der Waals surface area contributed by atoms with Gasteiger partial charge in [-0.05, 0) is 43.9 Å². The third kappa shape index (κ3) is 3.10. The lowest BCUT2D eigenvalue weighted by Gasteiger charge is -2.15. The van der Waals surface area contributed by atoms with Crippen LogP contribution in [0.25, 0.3) is 0 Å². The lowest BCUT2D eigenvalue weighted by atomic mass is 10.1. The summed E-state index contributed by atoms with van der Waals surface area (Å²) in [5.41, 5.74) is 1.29. The number of carbonyl (C=O) groups is 1. The number of likely N-dealkylation sites (tertiary alicyclic amines) is 1. The van der Waals surface area contributed by atoms with E-state index in [1.54, 1.807) is 12.3 Å². The van der Waals surface area contributed by atoms with E-state index in [0.717, 1.165) is 18.3 Å². The minimum absolute atomic E-state index is 0.350. The van der Waals surface area contributed by atoms with Gasteiger partial charge in [0.15, 0.2) is 0 Å². The first-order chi connectivity index (χ1) is 9.76. The highest BCUT2D eigenvalue weighted by atomic mass is 16.5. The van der Waals surface area contributed by atoms with Gasteiger partial charge in [0.1, 0.15) is 5.69 Å². The predicted molar refractivity (Wildman–Crippen MR) is 76.8 cm³/mol. The summed E-state index contributed by atoms with van der Waals surface area (Å²) in [6.45, 7) is 3.39. The van der Waals surface area contributed by atoms with Crippen molar-refractivity contribution in [2.75, 3.05) is 32.1 Å². The van der Waals surface area contributed by atoms with Gasteiger partial charge in [-0.3, -0.25) is 0 Å². The highest BCUT2D eigenvalue weighted by Crippen LogP contribution is 2.31. The topological polar surface area (TPSA) is 54.5 Å². The molecule has 1 aliphatic carbocycles. The van der Waals surface area contributed by atoms with Crippen molar-refractivity contribution >= 4 is 11.7 Å². The van der Waals surface area contributed by atoms with E-state index in [4.69, 9.17) is 0 Å². The van der Waals surface area contributed by atoms with E-state index in [9.17, 15) is 4.79 Å². The minimum Gasteiger partial charge on any atom is -0.464 e. The number of ether oxygens (including phenoxy) is 1. The van der Waals surface area contributed by atoms with Crippen molar-refractivity contribution in [3.63, 3.8) is 0 Å². The number of hydrogen-bond donors (Lipinski definition) is 1. The van der Waals surface area contributed by atoms with Gasteiger partial charge in [-0.1, -0.05) is 0 Å². The molecule has 1 aromatic rings. The van der Waals surface area contributed by atoms with Crippen LogP contribution in [0.4, 0.5) is 5.69 Å². The summed E-state index contributed by atoms with van der Waals surface area (Å²) in [6.07, 6.45) is 5.66. The number of nitrogens with zero attached hydrogens (tertiary/aromatic N) is 2. The van der Waals surface area contributed by atoms with Crippen molar-refractivity contribution in [3.05, 3.63) is 24.0 Å². The molecule has 1 saturated carbocycles. The van der Waals surface area contributed by atoms with E-state index in [1.165, 1.54) is 39.5 Å². The number of methoxy groups -OCH3 is 1. The Hall–Kier alpha value is -1.62. The quantitative estimate of drug-likeness (QED) is 0.830. The summed E-state index contributed by atoms with van der Waals surface area (Å²) in [7, 11) is 1.37. The lowest BCUT2D eigenvalue weighted by molar-refractivity contribution is 0.0594. The molecule has 108 valence electrons. The fourth-order valence-electron chi connectivity index (χ4n) is 2.82. The largest absolute Gasteiger partial charge is 0.464 e. The number of nitrogens with one attached hydrogen (secondary N) is 1. The normalized spacial score (nSPS) is 22.8. The Morgan fingerprint density at radius 2 is 2.35 bits per heavy atom. The van der Waals surface area contributed by atoms with E-state index in [-0.39, 0.29) is 0 Å². The molecule has 3 rings (SSSR count).